The summed E-state index contributed by atoms with van der Waals surface area (Å²) in [6.07, 6.45) is 0. The monoisotopic (exact) mass is 177 g/mol. The largest absolute Gasteiger partial charge is 0.308 e. The van der Waals surface area contributed by atoms with E-state index in [-0.39, 0.29) is 5.54 Å². The van der Waals surface area contributed by atoms with Crippen molar-refractivity contribution < 1.29 is 0 Å². The van der Waals surface area contributed by atoms with Gasteiger partial charge >= 0.3 is 0 Å². The number of rotatable bonds is 3. The summed E-state index contributed by atoms with van der Waals surface area (Å²) in [6, 6.07) is 8.71. The summed E-state index contributed by atoms with van der Waals surface area (Å²) in [5.74, 6) is 0. The van der Waals surface area contributed by atoms with E-state index in [4.69, 9.17) is 0 Å². The molecule has 0 saturated carbocycles. The molecular weight excluding hydrogens is 158 g/mol. The van der Waals surface area contributed by atoms with Crippen LogP contribution in [0.1, 0.15) is 31.9 Å². The summed E-state index contributed by atoms with van der Waals surface area (Å²) < 4.78 is 0. The van der Waals surface area contributed by atoms with Gasteiger partial charge in [0.1, 0.15) is 0 Å². The first-order chi connectivity index (χ1) is 6.06. The Labute approximate surface area is 81.2 Å². The number of nitrogens with one attached hydrogen (secondary N) is 1. The first-order valence-electron chi connectivity index (χ1n) is 4.88. The van der Waals surface area contributed by atoms with Crippen LogP contribution in [0, 0.1) is 6.92 Å². The molecular formula is C12H19N. The minimum absolute atomic E-state index is 0.0858. The molecule has 0 radical (unpaired) electrons. The third-order valence-electron chi connectivity index (χ3n) is 2.39. The molecule has 0 saturated heterocycles. The van der Waals surface area contributed by atoms with Gasteiger partial charge in [0.2, 0.25) is 0 Å². The fourth-order valence-electron chi connectivity index (χ4n) is 1.51. The molecule has 0 fully saturated rings. The predicted octanol–water partition coefficient (Wildman–Crippen LogP) is 2.84. The third kappa shape index (κ3) is 2.56. The highest BCUT2D eigenvalue weighted by atomic mass is 14.9. The lowest BCUT2D eigenvalue weighted by atomic mass is 9.93. The van der Waals surface area contributed by atoms with E-state index in [9.17, 15) is 0 Å². The molecule has 1 rings (SSSR count). The molecule has 0 aliphatic heterocycles. The molecule has 0 atom stereocenters. The molecule has 1 heteroatoms. The van der Waals surface area contributed by atoms with E-state index >= 15 is 0 Å². The second kappa shape index (κ2) is 3.93. The lowest BCUT2D eigenvalue weighted by molar-refractivity contribution is 0.416. The molecule has 0 aromatic heterocycles. The lowest BCUT2D eigenvalue weighted by Crippen LogP contribution is -2.36. The molecule has 1 N–H and O–H groups in total. The van der Waals surface area contributed by atoms with Crippen molar-refractivity contribution in [3.05, 3.63) is 35.4 Å². The summed E-state index contributed by atoms with van der Waals surface area (Å²) in [5.41, 5.74) is 2.75. The van der Waals surface area contributed by atoms with Gasteiger partial charge in [0.15, 0.2) is 0 Å². The number of hydrogen-bond acceptors (Lipinski definition) is 1. The van der Waals surface area contributed by atoms with Gasteiger partial charge in [-0.3, -0.25) is 0 Å². The van der Waals surface area contributed by atoms with Gasteiger partial charge in [-0.15, -0.1) is 0 Å². The standard InChI is InChI=1S/C12H19N/c1-5-13-12(3,4)11-8-6-10(2)7-9-11/h6-9,13H,5H2,1-4H3. The lowest BCUT2D eigenvalue weighted by Gasteiger charge is -2.26. The summed E-state index contributed by atoms with van der Waals surface area (Å²) in [5, 5.41) is 3.46. The van der Waals surface area contributed by atoms with Crippen LogP contribution < -0.4 is 5.32 Å². The van der Waals surface area contributed by atoms with E-state index in [0.717, 1.165) is 6.54 Å². The van der Waals surface area contributed by atoms with Crippen LogP contribution in [0.5, 0.6) is 0 Å². The average molecular weight is 177 g/mol. The second-order valence-corrected chi connectivity index (χ2v) is 4.02. The number of hydrogen-bond donors (Lipinski definition) is 1. The SMILES string of the molecule is CCNC(C)(C)c1ccc(C)cc1. The Morgan fingerprint density at radius 2 is 1.69 bits per heavy atom. The van der Waals surface area contributed by atoms with Gasteiger partial charge in [-0.1, -0.05) is 36.8 Å². The van der Waals surface area contributed by atoms with Gasteiger partial charge < -0.3 is 5.32 Å². The van der Waals surface area contributed by atoms with Crippen LogP contribution >= 0.6 is 0 Å². The normalized spacial score (nSPS) is 11.7. The van der Waals surface area contributed by atoms with E-state index in [1.807, 2.05) is 0 Å². The fraction of sp³-hybridized carbons (Fsp3) is 0.500. The molecule has 0 unspecified atom stereocenters. The van der Waals surface area contributed by atoms with E-state index in [0.29, 0.717) is 0 Å². The van der Waals surface area contributed by atoms with E-state index in [1.54, 1.807) is 0 Å². The third-order valence-corrected chi connectivity index (χ3v) is 2.39. The molecule has 1 aromatic rings. The minimum Gasteiger partial charge on any atom is -0.308 e. The van der Waals surface area contributed by atoms with Gasteiger partial charge in [0, 0.05) is 5.54 Å². The second-order valence-electron chi connectivity index (χ2n) is 4.02. The highest BCUT2D eigenvalue weighted by Gasteiger charge is 2.17. The quantitative estimate of drug-likeness (QED) is 0.748. The van der Waals surface area contributed by atoms with E-state index in [2.05, 4.69) is 57.3 Å². The Kier molecular flexibility index (Phi) is 3.10. The van der Waals surface area contributed by atoms with Crippen molar-refractivity contribution in [2.24, 2.45) is 0 Å². The zero-order valence-corrected chi connectivity index (χ0v) is 9.02. The van der Waals surface area contributed by atoms with Crippen molar-refractivity contribution in [1.82, 2.24) is 5.32 Å². The summed E-state index contributed by atoms with van der Waals surface area (Å²) in [4.78, 5) is 0. The van der Waals surface area contributed by atoms with Crippen molar-refractivity contribution in [1.29, 1.82) is 0 Å². The number of benzene rings is 1. The molecule has 13 heavy (non-hydrogen) atoms. The maximum atomic E-state index is 3.46. The van der Waals surface area contributed by atoms with E-state index < -0.39 is 0 Å². The molecule has 0 aliphatic rings. The van der Waals surface area contributed by atoms with Gasteiger partial charge in [0.05, 0.1) is 0 Å². The van der Waals surface area contributed by atoms with Crippen molar-refractivity contribution in [3.8, 4) is 0 Å². The molecule has 72 valence electrons. The Balaban J connectivity index is 2.87. The van der Waals surface area contributed by atoms with Crippen LogP contribution in [0.3, 0.4) is 0 Å². The Hall–Kier alpha value is -0.820. The van der Waals surface area contributed by atoms with Crippen molar-refractivity contribution >= 4 is 0 Å². The van der Waals surface area contributed by atoms with Gasteiger partial charge in [0.25, 0.3) is 0 Å². The highest BCUT2D eigenvalue weighted by molar-refractivity contribution is 5.26. The van der Waals surface area contributed by atoms with Crippen LogP contribution in [-0.2, 0) is 5.54 Å². The summed E-state index contributed by atoms with van der Waals surface area (Å²) in [7, 11) is 0. The Morgan fingerprint density at radius 1 is 1.15 bits per heavy atom. The molecule has 1 nitrogen and oxygen atoms in total. The van der Waals surface area contributed by atoms with Crippen LogP contribution in [-0.4, -0.2) is 6.54 Å². The minimum atomic E-state index is 0.0858. The molecule has 1 aromatic carbocycles. The predicted molar refractivity (Wildman–Crippen MR) is 57.9 cm³/mol. The molecule has 0 aliphatic carbocycles. The fourth-order valence-corrected chi connectivity index (χ4v) is 1.51. The van der Waals surface area contributed by atoms with Crippen LogP contribution in [0.15, 0.2) is 24.3 Å². The Morgan fingerprint density at radius 3 is 2.15 bits per heavy atom. The van der Waals surface area contributed by atoms with Crippen molar-refractivity contribution in [2.45, 2.75) is 33.2 Å². The number of aryl methyl sites for hydroxylation is 1. The average Bonchev–Trinajstić information content (AvgIpc) is 2.05. The van der Waals surface area contributed by atoms with E-state index in [1.165, 1.54) is 11.1 Å². The first-order valence-corrected chi connectivity index (χ1v) is 4.88. The first kappa shape index (κ1) is 10.3. The molecule has 0 amide bonds. The smallest absolute Gasteiger partial charge is 0.0377 e. The topological polar surface area (TPSA) is 12.0 Å². The van der Waals surface area contributed by atoms with Gasteiger partial charge in [-0.25, -0.2) is 0 Å². The van der Waals surface area contributed by atoms with Gasteiger partial charge in [-0.05, 0) is 32.9 Å². The summed E-state index contributed by atoms with van der Waals surface area (Å²) in [6.45, 7) is 9.67. The van der Waals surface area contributed by atoms with Crippen molar-refractivity contribution in [3.63, 3.8) is 0 Å². The van der Waals surface area contributed by atoms with Crippen molar-refractivity contribution in [2.75, 3.05) is 6.54 Å². The summed E-state index contributed by atoms with van der Waals surface area (Å²) >= 11 is 0. The molecule has 0 heterocycles. The van der Waals surface area contributed by atoms with Crippen LogP contribution in [0.2, 0.25) is 0 Å². The molecule has 0 spiro atoms. The molecule has 0 bridgehead atoms. The van der Waals surface area contributed by atoms with Gasteiger partial charge in [-0.2, -0.15) is 0 Å². The zero-order chi connectivity index (χ0) is 9.90. The zero-order valence-electron chi connectivity index (χ0n) is 9.02. The highest BCUT2D eigenvalue weighted by Crippen LogP contribution is 2.19. The van der Waals surface area contributed by atoms with Crippen LogP contribution in [0.4, 0.5) is 0 Å². The maximum Gasteiger partial charge on any atom is 0.0377 e. The Bertz CT molecular complexity index is 259. The van der Waals surface area contributed by atoms with Crippen LogP contribution in [0.25, 0.3) is 0 Å². The maximum absolute atomic E-state index is 3.46.